The molecular formula is C20H27N5O6. The van der Waals surface area contributed by atoms with Gasteiger partial charge in [0.2, 0.25) is 5.95 Å². The van der Waals surface area contributed by atoms with Gasteiger partial charge in [0.05, 0.1) is 13.7 Å². The van der Waals surface area contributed by atoms with E-state index in [1.807, 2.05) is 0 Å². The number of aryl methyl sites for hydroxylation is 1. The Morgan fingerprint density at radius 3 is 2.45 bits per heavy atom. The minimum absolute atomic E-state index is 0.00813. The van der Waals surface area contributed by atoms with E-state index >= 15 is 0 Å². The Morgan fingerprint density at radius 1 is 1.13 bits per heavy atom. The normalized spacial score (nSPS) is 12.2. The van der Waals surface area contributed by atoms with Crippen LogP contribution in [-0.4, -0.2) is 61.9 Å². The molecule has 1 atom stereocenters. The molecule has 0 fully saturated rings. The third-order valence-electron chi connectivity index (χ3n) is 4.86. The van der Waals surface area contributed by atoms with Gasteiger partial charge in [-0.15, -0.1) is 0 Å². The Kier molecular flexibility index (Phi) is 6.98. The van der Waals surface area contributed by atoms with Gasteiger partial charge in [-0.2, -0.15) is 4.98 Å². The minimum atomic E-state index is -0.958. The fourth-order valence-electron chi connectivity index (χ4n) is 3.17. The predicted octanol–water partition coefficient (Wildman–Crippen LogP) is -0.323. The number of methoxy groups -OCH3 is 1. The number of anilines is 1. The number of ether oxygens (including phenoxy) is 2. The molecule has 11 nitrogen and oxygen atoms in total. The smallest absolute Gasteiger partial charge is 0.332 e. The molecule has 0 bridgehead atoms. The van der Waals surface area contributed by atoms with E-state index in [1.54, 1.807) is 31.4 Å². The van der Waals surface area contributed by atoms with Crippen LogP contribution in [0.1, 0.15) is 6.42 Å². The summed E-state index contributed by atoms with van der Waals surface area (Å²) in [6.45, 7) is 0.397. The highest BCUT2D eigenvalue weighted by molar-refractivity contribution is 5.74. The third-order valence-corrected chi connectivity index (χ3v) is 4.86. The second kappa shape index (κ2) is 9.67. The maximum absolute atomic E-state index is 12.8. The molecular weight excluding hydrogens is 406 g/mol. The zero-order valence-electron chi connectivity index (χ0n) is 17.7. The molecule has 2 aromatic heterocycles. The third kappa shape index (κ3) is 4.72. The Hall–Kier alpha value is -3.31. The number of nitrogens with one attached hydrogen (secondary N) is 1. The topological polar surface area (TPSA) is 133 Å². The van der Waals surface area contributed by atoms with Crippen LogP contribution in [0.2, 0.25) is 0 Å². The van der Waals surface area contributed by atoms with Gasteiger partial charge in [0.15, 0.2) is 11.2 Å². The van der Waals surface area contributed by atoms with Crippen molar-refractivity contribution < 1.29 is 19.7 Å². The van der Waals surface area contributed by atoms with Gasteiger partial charge >= 0.3 is 5.69 Å². The first-order valence-corrected chi connectivity index (χ1v) is 9.83. The summed E-state index contributed by atoms with van der Waals surface area (Å²) in [5.41, 5.74) is -0.598. The SMILES string of the molecule is COc1ccc(OC[C@@H](O)Cn2c(NCCCO)nc3c2c(=O)n(C)c(=O)n3C)cc1. The van der Waals surface area contributed by atoms with Crippen molar-refractivity contribution in [2.45, 2.75) is 19.1 Å². The van der Waals surface area contributed by atoms with Gasteiger partial charge in [-0.1, -0.05) is 0 Å². The zero-order chi connectivity index (χ0) is 22.5. The number of nitrogens with zero attached hydrogens (tertiary/aromatic N) is 4. The van der Waals surface area contributed by atoms with Gasteiger partial charge in [0.25, 0.3) is 5.56 Å². The second-order valence-corrected chi connectivity index (χ2v) is 7.07. The molecule has 0 aliphatic heterocycles. The predicted molar refractivity (Wildman–Crippen MR) is 115 cm³/mol. The van der Waals surface area contributed by atoms with Gasteiger partial charge in [0.1, 0.15) is 24.2 Å². The minimum Gasteiger partial charge on any atom is -0.497 e. The summed E-state index contributed by atoms with van der Waals surface area (Å²) in [6, 6.07) is 6.95. The van der Waals surface area contributed by atoms with Crippen molar-refractivity contribution in [2.24, 2.45) is 14.1 Å². The molecule has 0 saturated carbocycles. The lowest BCUT2D eigenvalue weighted by Crippen LogP contribution is -2.38. The van der Waals surface area contributed by atoms with Crippen LogP contribution in [0.15, 0.2) is 33.9 Å². The van der Waals surface area contributed by atoms with Crippen molar-refractivity contribution in [3.05, 3.63) is 45.1 Å². The molecule has 0 amide bonds. The van der Waals surface area contributed by atoms with Gasteiger partial charge in [-0.25, -0.2) is 4.79 Å². The molecule has 3 rings (SSSR count). The molecule has 2 heterocycles. The summed E-state index contributed by atoms with van der Waals surface area (Å²) in [5, 5.41) is 22.7. The molecule has 0 unspecified atom stereocenters. The van der Waals surface area contributed by atoms with E-state index in [2.05, 4.69) is 10.3 Å². The Balaban J connectivity index is 1.88. The quantitative estimate of drug-likeness (QED) is 0.371. The van der Waals surface area contributed by atoms with E-state index in [-0.39, 0.29) is 30.9 Å². The fraction of sp³-hybridized carbons (Fsp3) is 0.450. The molecule has 3 N–H and O–H groups in total. The standard InChI is InChI=1S/C20H27N5O6/c1-23-17-16(18(28)24(2)20(23)29)25(19(22-17)21-9-4-10-26)11-13(27)12-31-15-7-5-14(30-3)6-8-15/h5-8,13,26-27H,4,9-12H2,1-3H3,(H,21,22)/t13-/m0/s1. The van der Waals surface area contributed by atoms with E-state index in [4.69, 9.17) is 14.6 Å². The maximum Gasteiger partial charge on any atom is 0.332 e. The number of hydrogen-bond acceptors (Lipinski definition) is 8. The molecule has 1 aromatic carbocycles. The summed E-state index contributed by atoms with van der Waals surface area (Å²) in [6.07, 6.45) is -0.483. The molecule has 168 valence electrons. The van der Waals surface area contributed by atoms with E-state index in [0.717, 1.165) is 4.57 Å². The first-order valence-electron chi connectivity index (χ1n) is 9.83. The van der Waals surface area contributed by atoms with Gasteiger partial charge in [-0.3, -0.25) is 13.9 Å². The first kappa shape index (κ1) is 22.4. The number of aliphatic hydroxyl groups excluding tert-OH is 2. The van der Waals surface area contributed by atoms with Crippen molar-refractivity contribution in [1.82, 2.24) is 18.7 Å². The van der Waals surface area contributed by atoms with Crippen molar-refractivity contribution in [2.75, 3.05) is 32.2 Å². The van der Waals surface area contributed by atoms with Crippen LogP contribution < -0.4 is 26.0 Å². The zero-order valence-corrected chi connectivity index (χ0v) is 17.7. The molecule has 0 aliphatic carbocycles. The number of fused-ring (bicyclic) bond motifs is 1. The van der Waals surface area contributed by atoms with Crippen LogP contribution in [0.25, 0.3) is 11.2 Å². The highest BCUT2D eigenvalue weighted by atomic mass is 16.5. The molecule has 31 heavy (non-hydrogen) atoms. The number of rotatable bonds is 10. The summed E-state index contributed by atoms with van der Waals surface area (Å²) in [4.78, 5) is 29.4. The number of aromatic nitrogens is 4. The molecule has 0 aliphatic rings. The lowest BCUT2D eigenvalue weighted by molar-refractivity contribution is 0.0938. The number of imidazole rings is 1. The van der Waals surface area contributed by atoms with Crippen LogP contribution in [0.3, 0.4) is 0 Å². The van der Waals surface area contributed by atoms with E-state index in [9.17, 15) is 14.7 Å². The highest BCUT2D eigenvalue weighted by Gasteiger charge is 2.21. The van der Waals surface area contributed by atoms with Crippen molar-refractivity contribution in [3.8, 4) is 11.5 Å². The lowest BCUT2D eigenvalue weighted by atomic mass is 10.3. The van der Waals surface area contributed by atoms with Crippen LogP contribution in [0.5, 0.6) is 11.5 Å². The molecule has 0 saturated heterocycles. The molecule has 0 radical (unpaired) electrons. The van der Waals surface area contributed by atoms with E-state index < -0.39 is 17.4 Å². The summed E-state index contributed by atoms with van der Waals surface area (Å²) >= 11 is 0. The number of benzene rings is 1. The fourth-order valence-corrected chi connectivity index (χ4v) is 3.17. The average Bonchev–Trinajstić information content (AvgIpc) is 3.13. The Morgan fingerprint density at radius 2 is 1.81 bits per heavy atom. The molecule has 3 aromatic rings. The molecule has 11 heteroatoms. The van der Waals surface area contributed by atoms with Gasteiger partial charge < -0.3 is 29.6 Å². The second-order valence-electron chi connectivity index (χ2n) is 7.07. The van der Waals surface area contributed by atoms with Crippen molar-refractivity contribution in [3.63, 3.8) is 0 Å². The largest absolute Gasteiger partial charge is 0.497 e. The first-order chi connectivity index (χ1) is 14.9. The van der Waals surface area contributed by atoms with E-state index in [1.165, 1.54) is 23.2 Å². The summed E-state index contributed by atoms with van der Waals surface area (Å²) in [5.74, 6) is 1.58. The Bertz CT molecular complexity index is 1150. The summed E-state index contributed by atoms with van der Waals surface area (Å²) in [7, 11) is 4.49. The molecule has 0 spiro atoms. The van der Waals surface area contributed by atoms with Crippen LogP contribution in [0.4, 0.5) is 5.95 Å². The maximum atomic E-state index is 12.8. The van der Waals surface area contributed by atoms with Crippen molar-refractivity contribution in [1.29, 1.82) is 0 Å². The number of aliphatic hydroxyl groups is 2. The van der Waals surface area contributed by atoms with Crippen LogP contribution in [-0.2, 0) is 20.6 Å². The van der Waals surface area contributed by atoms with Gasteiger partial charge in [0, 0.05) is 27.2 Å². The Labute approximate surface area is 178 Å². The van der Waals surface area contributed by atoms with Crippen LogP contribution in [0, 0.1) is 0 Å². The van der Waals surface area contributed by atoms with Gasteiger partial charge in [-0.05, 0) is 30.7 Å². The average molecular weight is 433 g/mol. The number of hydrogen-bond donors (Lipinski definition) is 3. The van der Waals surface area contributed by atoms with Crippen LogP contribution >= 0.6 is 0 Å². The monoisotopic (exact) mass is 433 g/mol. The van der Waals surface area contributed by atoms with E-state index in [0.29, 0.717) is 30.4 Å². The van der Waals surface area contributed by atoms with Crippen molar-refractivity contribution >= 4 is 17.1 Å². The lowest BCUT2D eigenvalue weighted by Gasteiger charge is -2.16. The summed E-state index contributed by atoms with van der Waals surface area (Å²) < 4.78 is 14.6. The highest BCUT2D eigenvalue weighted by Crippen LogP contribution is 2.19.